The van der Waals surface area contributed by atoms with Gasteiger partial charge in [0.2, 0.25) is 0 Å². The fourth-order valence-electron chi connectivity index (χ4n) is 6.98. The first-order valence-corrected chi connectivity index (χ1v) is 25.8. The summed E-state index contributed by atoms with van der Waals surface area (Å²) in [5.74, 6) is 0. The lowest BCUT2D eigenvalue weighted by molar-refractivity contribution is -0.208. The van der Waals surface area contributed by atoms with Crippen LogP contribution in [-0.2, 0) is 33.2 Å². The average Bonchev–Trinajstić information content (AvgIpc) is 3.25. The minimum Gasteiger partial charge on any atom is -0.353 e. The summed E-state index contributed by atoms with van der Waals surface area (Å²) in [7, 11) is 0. The fourth-order valence-corrected chi connectivity index (χ4v) is 6.98. The third-order valence-electron chi connectivity index (χ3n) is 10.6. The lowest BCUT2D eigenvalue weighted by Crippen LogP contribution is -2.25. The Morgan fingerprint density at radius 3 is 0.932 bits per heavy atom. The lowest BCUT2D eigenvalue weighted by Gasteiger charge is -2.22. The monoisotopic (exact) mass is 839 g/mol. The van der Waals surface area contributed by atoms with Crippen LogP contribution >= 0.6 is 0 Å². The maximum absolute atomic E-state index is 6.54. The molecule has 0 radical (unpaired) electrons. The van der Waals surface area contributed by atoms with Gasteiger partial charge in [0.1, 0.15) is 0 Å². The standard InChI is InChI=1S/C52H102O7/c1-7-13-15-31-37-47-57-51(41-35-29-25-21-17-19-23-27-33-39-49(53-43-9-3)54-44-10-4)59-52(58-48-38-32-16-14-8-2)42-36-30-26-22-18-20-24-28-34-40-50(55-45-11-5)56-46-12-6/h35-36,41-42,49-52H,7-34,37-40,43-48H2,1-6H3. The van der Waals surface area contributed by atoms with Crippen LogP contribution in [0.4, 0.5) is 0 Å². The maximum atomic E-state index is 6.54. The van der Waals surface area contributed by atoms with E-state index in [1.54, 1.807) is 0 Å². The van der Waals surface area contributed by atoms with Gasteiger partial charge in [-0.2, -0.15) is 0 Å². The maximum Gasteiger partial charge on any atom is 0.180 e. The van der Waals surface area contributed by atoms with E-state index >= 15 is 0 Å². The van der Waals surface area contributed by atoms with Gasteiger partial charge in [-0.1, -0.05) is 169 Å². The summed E-state index contributed by atoms with van der Waals surface area (Å²) in [6.45, 7) is 17.8. The molecule has 0 rings (SSSR count). The summed E-state index contributed by atoms with van der Waals surface area (Å²) < 4.78 is 42.8. The zero-order valence-corrected chi connectivity index (χ0v) is 40.3. The Balaban J connectivity index is 4.80. The molecule has 0 aliphatic rings. The van der Waals surface area contributed by atoms with Crippen molar-refractivity contribution in [3.8, 4) is 0 Å². The highest BCUT2D eigenvalue weighted by molar-refractivity contribution is 4.90. The first-order chi connectivity index (χ1) is 29.1. The van der Waals surface area contributed by atoms with Crippen LogP contribution in [0.15, 0.2) is 24.3 Å². The number of ether oxygens (including phenoxy) is 7. The summed E-state index contributed by atoms with van der Waals surface area (Å²) >= 11 is 0. The van der Waals surface area contributed by atoms with Gasteiger partial charge in [-0.25, -0.2) is 0 Å². The third-order valence-corrected chi connectivity index (χ3v) is 10.6. The van der Waals surface area contributed by atoms with Crippen molar-refractivity contribution in [2.75, 3.05) is 39.6 Å². The molecular weight excluding hydrogens is 737 g/mol. The molecule has 0 heterocycles. The van der Waals surface area contributed by atoms with Crippen LogP contribution in [0.5, 0.6) is 0 Å². The number of allylic oxidation sites excluding steroid dienone is 2. The molecule has 0 N–H and O–H groups in total. The van der Waals surface area contributed by atoms with Crippen LogP contribution in [-0.4, -0.2) is 64.8 Å². The zero-order chi connectivity index (χ0) is 43.0. The van der Waals surface area contributed by atoms with Gasteiger partial charge in [0.25, 0.3) is 0 Å². The normalized spacial score (nSPS) is 13.3. The highest BCUT2D eigenvalue weighted by Crippen LogP contribution is 2.17. The molecular formula is C52H102O7. The van der Waals surface area contributed by atoms with Crippen LogP contribution in [0, 0.1) is 0 Å². The van der Waals surface area contributed by atoms with Crippen LogP contribution in [0.3, 0.4) is 0 Å². The van der Waals surface area contributed by atoms with Crippen LogP contribution < -0.4 is 0 Å². The number of hydrogen-bond donors (Lipinski definition) is 0. The van der Waals surface area contributed by atoms with Crippen molar-refractivity contribution in [3.05, 3.63) is 24.3 Å². The second-order valence-corrected chi connectivity index (χ2v) is 16.7. The van der Waals surface area contributed by atoms with Gasteiger partial charge in [0.15, 0.2) is 25.2 Å². The van der Waals surface area contributed by atoms with Gasteiger partial charge in [-0.05, 0) is 102 Å². The molecule has 0 saturated carbocycles. The van der Waals surface area contributed by atoms with E-state index in [0.29, 0.717) is 0 Å². The van der Waals surface area contributed by atoms with Crippen molar-refractivity contribution in [3.63, 3.8) is 0 Å². The van der Waals surface area contributed by atoms with Crippen molar-refractivity contribution < 1.29 is 33.2 Å². The lowest BCUT2D eigenvalue weighted by atomic mass is 10.1. The Bertz CT molecular complexity index is 754. The van der Waals surface area contributed by atoms with Crippen molar-refractivity contribution in [2.45, 2.75) is 272 Å². The van der Waals surface area contributed by atoms with Crippen LogP contribution in [0.2, 0.25) is 0 Å². The predicted molar refractivity (Wildman–Crippen MR) is 252 cm³/mol. The molecule has 0 bridgehead atoms. The van der Waals surface area contributed by atoms with Gasteiger partial charge in [-0.15, -0.1) is 0 Å². The van der Waals surface area contributed by atoms with E-state index in [1.165, 1.54) is 141 Å². The summed E-state index contributed by atoms with van der Waals surface area (Å²) in [6.07, 6.45) is 46.3. The zero-order valence-electron chi connectivity index (χ0n) is 40.3. The molecule has 0 saturated heterocycles. The van der Waals surface area contributed by atoms with Gasteiger partial charge in [0, 0.05) is 26.4 Å². The molecule has 2 unspecified atom stereocenters. The van der Waals surface area contributed by atoms with E-state index in [9.17, 15) is 0 Å². The van der Waals surface area contributed by atoms with Crippen LogP contribution in [0.25, 0.3) is 0 Å². The Morgan fingerprint density at radius 1 is 0.288 bits per heavy atom. The molecule has 0 aliphatic heterocycles. The topological polar surface area (TPSA) is 64.6 Å². The quantitative estimate of drug-likeness (QED) is 0.0343. The first kappa shape index (κ1) is 58.2. The van der Waals surface area contributed by atoms with E-state index < -0.39 is 0 Å². The van der Waals surface area contributed by atoms with Crippen LogP contribution in [0.1, 0.15) is 247 Å². The number of hydrogen-bond acceptors (Lipinski definition) is 7. The minimum absolute atomic E-state index is 0.0182. The number of rotatable bonds is 50. The number of unbranched alkanes of at least 4 members (excludes halogenated alkanes) is 22. The largest absolute Gasteiger partial charge is 0.353 e. The highest BCUT2D eigenvalue weighted by atomic mass is 16.8. The first-order valence-electron chi connectivity index (χ1n) is 25.8. The smallest absolute Gasteiger partial charge is 0.180 e. The molecule has 0 aromatic heterocycles. The van der Waals surface area contributed by atoms with E-state index in [1.807, 2.05) is 0 Å². The van der Waals surface area contributed by atoms with Gasteiger partial charge in [-0.3, -0.25) is 0 Å². The van der Waals surface area contributed by atoms with E-state index in [4.69, 9.17) is 33.2 Å². The van der Waals surface area contributed by atoms with Gasteiger partial charge in [0.05, 0.1) is 13.2 Å². The van der Waals surface area contributed by atoms with Crippen molar-refractivity contribution in [1.82, 2.24) is 0 Å². The average molecular weight is 839 g/mol. The van der Waals surface area contributed by atoms with E-state index in [2.05, 4.69) is 65.8 Å². The molecule has 59 heavy (non-hydrogen) atoms. The second kappa shape index (κ2) is 49.9. The Morgan fingerprint density at radius 2 is 0.593 bits per heavy atom. The Labute approximate surface area is 368 Å². The summed E-state index contributed by atoms with van der Waals surface area (Å²) in [4.78, 5) is 0. The van der Waals surface area contributed by atoms with Crippen molar-refractivity contribution in [1.29, 1.82) is 0 Å². The molecule has 7 heteroatoms. The van der Waals surface area contributed by atoms with E-state index in [0.717, 1.165) is 104 Å². The predicted octanol–water partition coefficient (Wildman–Crippen LogP) is 16.1. The van der Waals surface area contributed by atoms with Crippen molar-refractivity contribution in [2.24, 2.45) is 0 Å². The summed E-state index contributed by atoms with van der Waals surface area (Å²) in [6, 6.07) is 0. The second-order valence-electron chi connectivity index (χ2n) is 16.7. The third kappa shape index (κ3) is 43.6. The Kier molecular flexibility index (Phi) is 49.2. The molecule has 352 valence electrons. The molecule has 0 spiro atoms. The molecule has 2 atom stereocenters. The van der Waals surface area contributed by atoms with E-state index in [-0.39, 0.29) is 25.2 Å². The Hall–Kier alpha value is -0.800. The summed E-state index contributed by atoms with van der Waals surface area (Å²) in [5.41, 5.74) is 0. The molecule has 0 fully saturated rings. The molecule has 7 nitrogen and oxygen atoms in total. The molecule has 0 amide bonds. The molecule has 0 aliphatic carbocycles. The van der Waals surface area contributed by atoms with Gasteiger partial charge >= 0.3 is 0 Å². The fraction of sp³-hybridized carbons (Fsp3) is 0.923. The molecule has 0 aromatic carbocycles. The molecule has 0 aromatic rings. The van der Waals surface area contributed by atoms with Crippen molar-refractivity contribution >= 4 is 0 Å². The minimum atomic E-state index is -0.381. The van der Waals surface area contributed by atoms with Gasteiger partial charge < -0.3 is 33.2 Å². The highest BCUT2D eigenvalue weighted by Gasteiger charge is 2.14. The summed E-state index contributed by atoms with van der Waals surface area (Å²) in [5, 5.41) is 0. The SMILES string of the molecule is CCCCCCCOC(C=CCCCCCCCCCC(OCCC)OCCC)OC(C=CCCCCCCCCCC(OCCC)OCCC)OCCCCCCC.